The Kier molecular flexibility index (Phi) is 4.31. The molecular weight excluding hydrogens is 233 g/mol. The highest BCUT2D eigenvalue weighted by molar-refractivity contribution is 5.83. The Morgan fingerprint density at radius 2 is 2.17 bits per heavy atom. The molecule has 18 heavy (non-hydrogen) atoms. The van der Waals surface area contributed by atoms with Crippen LogP contribution in [-0.4, -0.2) is 26.0 Å². The second-order valence-corrected chi connectivity index (χ2v) is 4.60. The van der Waals surface area contributed by atoms with Gasteiger partial charge in [-0.2, -0.15) is 0 Å². The number of methoxy groups -OCH3 is 1. The molecule has 4 heteroatoms. The largest absolute Gasteiger partial charge is 0.494 e. The number of hydrogen-bond donors (Lipinski definition) is 1. The van der Waals surface area contributed by atoms with Gasteiger partial charge in [-0.1, -0.05) is 12.1 Å². The first kappa shape index (κ1) is 13.0. The number of halogens is 1. The van der Waals surface area contributed by atoms with E-state index in [4.69, 9.17) is 4.74 Å². The minimum absolute atomic E-state index is 0.0665. The van der Waals surface area contributed by atoms with Gasteiger partial charge in [-0.25, -0.2) is 4.39 Å². The van der Waals surface area contributed by atoms with Crippen molar-refractivity contribution in [2.24, 2.45) is 5.92 Å². The van der Waals surface area contributed by atoms with E-state index in [0.29, 0.717) is 5.56 Å². The lowest BCUT2D eigenvalue weighted by molar-refractivity contribution is -0.122. The molecule has 0 saturated carbocycles. The SMILES string of the molecule is COc1cccc(CC(=O)C2CCNCC2)c1F. The maximum absolute atomic E-state index is 13.9. The van der Waals surface area contributed by atoms with E-state index in [1.54, 1.807) is 18.2 Å². The van der Waals surface area contributed by atoms with Gasteiger partial charge in [0, 0.05) is 12.3 Å². The summed E-state index contributed by atoms with van der Waals surface area (Å²) in [6.45, 7) is 1.74. The molecule has 0 amide bonds. The predicted octanol–water partition coefficient (Wildman–Crippen LogP) is 1.95. The van der Waals surface area contributed by atoms with Crippen LogP contribution in [0.5, 0.6) is 5.75 Å². The number of benzene rings is 1. The Morgan fingerprint density at radius 1 is 1.44 bits per heavy atom. The standard InChI is InChI=1S/C14H18FNO2/c1-18-13-4-2-3-11(14(13)15)9-12(17)10-5-7-16-8-6-10/h2-4,10,16H,5-9H2,1H3. The zero-order valence-electron chi connectivity index (χ0n) is 10.5. The van der Waals surface area contributed by atoms with Crippen LogP contribution in [0.3, 0.4) is 0 Å². The first-order valence-electron chi connectivity index (χ1n) is 6.27. The van der Waals surface area contributed by atoms with E-state index >= 15 is 0 Å². The predicted molar refractivity (Wildman–Crippen MR) is 67.3 cm³/mol. The first-order valence-corrected chi connectivity index (χ1v) is 6.27. The van der Waals surface area contributed by atoms with Crippen LogP contribution in [0.15, 0.2) is 18.2 Å². The normalized spacial score (nSPS) is 16.6. The quantitative estimate of drug-likeness (QED) is 0.888. The summed E-state index contributed by atoms with van der Waals surface area (Å²) < 4.78 is 18.8. The zero-order valence-corrected chi connectivity index (χ0v) is 10.5. The minimum atomic E-state index is -0.415. The number of carbonyl (C=O) groups excluding carboxylic acids is 1. The molecule has 0 aliphatic carbocycles. The number of hydrogen-bond acceptors (Lipinski definition) is 3. The van der Waals surface area contributed by atoms with Crippen LogP contribution < -0.4 is 10.1 Å². The number of rotatable bonds is 4. The lowest BCUT2D eigenvalue weighted by Gasteiger charge is -2.21. The fourth-order valence-corrected chi connectivity index (χ4v) is 2.33. The van der Waals surface area contributed by atoms with Crippen molar-refractivity contribution in [2.45, 2.75) is 19.3 Å². The lowest BCUT2D eigenvalue weighted by atomic mass is 9.90. The maximum atomic E-state index is 13.9. The average Bonchev–Trinajstić information content (AvgIpc) is 2.42. The van der Waals surface area contributed by atoms with Crippen LogP contribution in [0.4, 0.5) is 4.39 Å². The van der Waals surface area contributed by atoms with E-state index in [1.165, 1.54) is 7.11 Å². The fourth-order valence-electron chi connectivity index (χ4n) is 2.33. The second-order valence-electron chi connectivity index (χ2n) is 4.60. The Labute approximate surface area is 106 Å². The smallest absolute Gasteiger partial charge is 0.168 e. The topological polar surface area (TPSA) is 38.3 Å². The van der Waals surface area contributed by atoms with Crippen LogP contribution in [0.2, 0.25) is 0 Å². The van der Waals surface area contributed by atoms with Crippen LogP contribution >= 0.6 is 0 Å². The third-order valence-corrected chi connectivity index (χ3v) is 3.42. The lowest BCUT2D eigenvalue weighted by Crippen LogP contribution is -2.32. The first-order chi connectivity index (χ1) is 8.72. The zero-order chi connectivity index (χ0) is 13.0. The number of carbonyl (C=O) groups is 1. The van der Waals surface area contributed by atoms with E-state index in [1.807, 2.05) is 0 Å². The number of nitrogens with one attached hydrogen (secondary N) is 1. The van der Waals surface area contributed by atoms with Gasteiger partial charge in [-0.15, -0.1) is 0 Å². The van der Waals surface area contributed by atoms with Crippen LogP contribution in [0.1, 0.15) is 18.4 Å². The Bertz CT molecular complexity index is 428. The Morgan fingerprint density at radius 3 is 2.83 bits per heavy atom. The van der Waals surface area contributed by atoms with Crippen molar-refractivity contribution in [1.82, 2.24) is 5.32 Å². The summed E-state index contributed by atoms with van der Waals surface area (Å²) in [5, 5.41) is 3.22. The summed E-state index contributed by atoms with van der Waals surface area (Å²) in [4.78, 5) is 12.1. The van der Waals surface area contributed by atoms with Gasteiger partial charge in [0.15, 0.2) is 11.6 Å². The monoisotopic (exact) mass is 251 g/mol. The molecule has 0 atom stereocenters. The molecule has 1 saturated heterocycles. The van der Waals surface area contributed by atoms with Crippen LogP contribution in [0, 0.1) is 11.7 Å². The van der Waals surface area contributed by atoms with Crippen LogP contribution in [-0.2, 0) is 11.2 Å². The second kappa shape index (κ2) is 5.96. The van der Waals surface area contributed by atoms with Crippen molar-refractivity contribution >= 4 is 5.78 Å². The van der Waals surface area contributed by atoms with Crippen molar-refractivity contribution in [2.75, 3.05) is 20.2 Å². The molecule has 0 unspecified atom stereocenters. The van der Waals surface area contributed by atoms with Gasteiger partial charge in [0.1, 0.15) is 5.78 Å². The molecule has 1 N–H and O–H groups in total. The number of ketones is 1. The Balaban J connectivity index is 2.06. The van der Waals surface area contributed by atoms with Crippen molar-refractivity contribution in [3.63, 3.8) is 0 Å². The van der Waals surface area contributed by atoms with E-state index in [9.17, 15) is 9.18 Å². The van der Waals surface area contributed by atoms with E-state index in [0.717, 1.165) is 25.9 Å². The molecule has 1 fully saturated rings. The molecule has 0 aromatic heterocycles. The summed E-state index contributed by atoms with van der Waals surface area (Å²) in [6.07, 6.45) is 1.86. The van der Waals surface area contributed by atoms with Gasteiger partial charge in [0.05, 0.1) is 7.11 Å². The molecule has 2 rings (SSSR count). The fraction of sp³-hybridized carbons (Fsp3) is 0.500. The third kappa shape index (κ3) is 2.88. The number of piperidine rings is 1. The average molecular weight is 251 g/mol. The van der Waals surface area contributed by atoms with Gasteiger partial charge < -0.3 is 10.1 Å². The van der Waals surface area contributed by atoms with Crippen molar-refractivity contribution < 1.29 is 13.9 Å². The highest BCUT2D eigenvalue weighted by atomic mass is 19.1. The molecule has 0 radical (unpaired) electrons. The molecule has 1 aromatic rings. The molecule has 98 valence electrons. The summed E-state index contributed by atoms with van der Waals surface area (Å²) in [7, 11) is 1.43. The molecule has 0 bridgehead atoms. The third-order valence-electron chi connectivity index (χ3n) is 3.42. The molecule has 3 nitrogen and oxygen atoms in total. The number of ether oxygens (including phenoxy) is 1. The highest BCUT2D eigenvalue weighted by Crippen LogP contribution is 2.22. The molecule has 1 heterocycles. The van der Waals surface area contributed by atoms with E-state index in [2.05, 4.69) is 5.32 Å². The van der Waals surface area contributed by atoms with Gasteiger partial charge in [-0.05, 0) is 37.6 Å². The van der Waals surface area contributed by atoms with Crippen molar-refractivity contribution in [1.29, 1.82) is 0 Å². The summed E-state index contributed by atoms with van der Waals surface area (Å²) in [5.41, 5.74) is 0.429. The van der Waals surface area contributed by atoms with E-state index < -0.39 is 5.82 Å². The highest BCUT2D eigenvalue weighted by Gasteiger charge is 2.22. The summed E-state index contributed by atoms with van der Waals surface area (Å²) >= 11 is 0. The summed E-state index contributed by atoms with van der Waals surface area (Å²) in [6, 6.07) is 4.93. The number of Topliss-reactive ketones (excluding diaryl/α,β-unsaturated/α-hetero) is 1. The molecular formula is C14H18FNO2. The van der Waals surface area contributed by atoms with Crippen molar-refractivity contribution in [3.05, 3.63) is 29.6 Å². The molecule has 1 aliphatic heterocycles. The van der Waals surface area contributed by atoms with Crippen LogP contribution in [0.25, 0.3) is 0 Å². The maximum Gasteiger partial charge on any atom is 0.168 e. The Hall–Kier alpha value is -1.42. The van der Waals surface area contributed by atoms with Gasteiger partial charge in [0.2, 0.25) is 0 Å². The molecule has 1 aliphatic rings. The van der Waals surface area contributed by atoms with Gasteiger partial charge in [-0.3, -0.25) is 4.79 Å². The molecule has 1 aromatic carbocycles. The molecule has 0 spiro atoms. The van der Waals surface area contributed by atoms with Gasteiger partial charge in [0.25, 0.3) is 0 Å². The van der Waals surface area contributed by atoms with Gasteiger partial charge >= 0.3 is 0 Å². The summed E-state index contributed by atoms with van der Waals surface area (Å²) in [5.74, 6) is -0.0200. The minimum Gasteiger partial charge on any atom is -0.494 e. The van der Waals surface area contributed by atoms with E-state index in [-0.39, 0.29) is 23.9 Å². The van der Waals surface area contributed by atoms with Crippen molar-refractivity contribution in [3.8, 4) is 5.75 Å².